The Morgan fingerprint density at radius 2 is 1.58 bits per heavy atom. The van der Waals surface area contributed by atoms with Gasteiger partial charge in [0.2, 0.25) is 0 Å². The number of aryl methyl sites for hydroxylation is 2. The van der Waals surface area contributed by atoms with Gasteiger partial charge in [-0.2, -0.15) is 0 Å². The molecule has 2 aromatic rings. The molecule has 0 saturated heterocycles. The van der Waals surface area contributed by atoms with E-state index in [1.165, 1.54) is 0 Å². The number of para-hydroxylation sites is 1. The maximum atomic E-state index is 13.7. The quantitative estimate of drug-likeness (QED) is 0.386. The van der Waals surface area contributed by atoms with Crippen molar-refractivity contribution >= 4 is 24.8 Å². The molecule has 1 aliphatic carbocycles. The van der Waals surface area contributed by atoms with Crippen molar-refractivity contribution in [3.05, 3.63) is 65.2 Å². The van der Waals surface area contributed by atoms with E-state index in [9.17, 15) is 9.59 Å². The first-order chi connectivity index (χ1) is 14.9. The van der Waals surface area contributed by atoms with Gasteiger partial charge < -0.3 is 10.1 Å². The van der Waals surface area contributed by atoms with Crippen LogP contribution in [-0.2, 0) is 20.9 Å². The fourth-order valence-electron chi connectivity index (χ4n) is 4.90. The van der Waals surface area contributed by atoms with Crippen molar-refractivity contribution in [2.24, 2.45) is 0 Å². The fraction of sp³-hybridized carbons (Fsp3) is 0.462. The molecule has 0 atom stereocenters. The van der Waals surface area contributed by atoms with Gasteiger partial charge in [-0.05, 0) is 63.6 Å². The number of amides is 1. The van der Waals surface area contributed by atoms with Crippen LogP contribution in [0.4, 0.5) is 5.69 Å². The summed E-state index contributed by atoms with van der Waals surface area (Å²) < 4.78 is 5.64. The van der Waals surface area contributed by atoms with Crippen LogP contribution in [0.1, 0.15) is 49.8 Å². The second kappa shape index (κ2) is 9.96. The van der Waals surface area contributed by atoms with Gasteiger partial charge >= 0.3 is 5.97 Å². The third-order valence-electron chi connectivity index (χ3n) is 7.12. The zero-order valence-corrected chi connectivity index (χ0v) is 20.1. The molecule has 0 unspecified atom stereocenters. The summed E-state index contributed by atoms with van der Waals surface area (Å²) in [5.74, 6) is -0.0731. The van der Waals surface area contributed by atoms with Gasteiger partial charge in [-0.3, -0.25) is 4.79 Å². The number of carbonyl (C=O) groups excluding carboxylic acids is 2. The van der Waals surface area contributed by atoms with Crippen LogP contribution >= 0.6 is 7.26 Å². The van der Waals surface area contributed by atoms with E-state index in [1.807, 2.05) is 62.4 Å². The van der Waals surface area contributed by atoms with Crippen LogP contribution in [0.15, 0.2) is 48.5 Å². The topological polar surface area (TPSA) is 55.4 Å². The number of hydrogen-bond donors (Lipinski definition) is 1. The van der Waals surface area contributed by atoms with Crippen LogP contribution < -0.4 is 5.32 Å². The number of carbonyl (C=O) groups is 2. The second-order valence-corrected chi connectivity index (χ2v) is 13.4. The third-order valence-corrected chi connectivity index (χ3v) is 12.9. The lowest BCUT2D eigenvalue weighted by Crippen LogP contribution is -2.52. The van der Waals surface area contributed by atoms with Gasteiger partial charge in [0.25, 0.3) is 5.91 Å². The van der Waals surface area contributed by atoms with Crippen molar-refractivity contribution in [3.63, 3.8) is 0 Å². The molecule has 1 amide bonds. The van der Waals surface area contributed by atoms with Gasteiger partial charge in [-0.1, -0.05) is 48.5 Å². The van der Waals surface area contributed by atoms with Crippen LogP contribution in [0.5, 0.6) is 0 Å². The Labute approximate surface area is 187 Å². The number of hydrogen-bond acceptors (Lipinski definition) is 3. The Hall–Kier alpha value is -2.19. The van der Waals surface area contributed by atoms with E-state index >= 15 is 0 Å². The summed E-state index contributed by atoms with van der Waals surface area (Å²) in [6, 6.07) is 15.8. The Morgan fingerprint density at radius 3 is 2.10 bits per heavy atom. The van der Waals surface area contributed by atoms with E-state index in [2.05, 4.69) is 19.2 Å². The highest BCUT2D eigenvalue weighted by atomic mass is 31.2. The summed E-state index contributed by atoms with van der Waals surface area (Å²) >= 11 is 0. The molecule has 0 aliphatic heterocycles. The Kier molecular flexibility index (Phi) is 7.54. The molecule has 31 heavy (non-hydrogen) atoms. The minimum absolute atomic E-state index is 0.101. The lowest BCUT2D eigenvalue weighted by Gasteiger charge is -2.48. The average molecular weight is 441 g/mol. The van der Waals surface area contributed by atoms with Gasteiger partial charge in [0.15, 0.2) is 11.3 Å². The second-order valence-electron chi connectivity index (χ2n) is 8.69. The maximum Gasteiger partial charge on any atom is 0.344 e. The summed E-state index contributed by atoms with van der Waals surface area (Å²) in [7, 11) is -1.88. The minimum atomic E-state index is -1.88. The molecule has 0 spiro atoms. The van der Waals surface area contributed by atoms with Gasteiger partial charge in [-0.25, -0.2) is 4.79 Å². The highest BCUT2D eigenvalue weighted by Gasteiger charge is 2.64. The maximum absolute atomic E-state index is 13.7. The lowest BCUT2D eigenvalue weighted by atomic mass is 9.83. The van der Waals surface area contributed by atoms with Crippen molar-refractivity contribution in [2.45, 2.75) is 58.7 Å². The molecule has 0 bridgehead atoms. The normalized spacial score (nSPS) is 15.1. The number of esters is 1. The SMILES string of the molecule is CC[P+](CC)(CC(=O)OCc1ccccc1)C1(C(=O)Nc2c(C)cccc2C)CCC1. The summed E-state index contributed by atoms with van der Waals surface area (Å²) in [5.41, 5.74) is 4.04. The first-order valence-electron chi connectivity index (χ1n) is 11.3. The van der Waals surface area contributed by atoms with Crippen molar-refractivity contribution in [1.29, 1.82) is 0 Å². The molecule has 2 aromatic carbocycles. The highest BCUT2D eigenvalue weighted by Crippen LogP contribution is 2.74. The number of ether oxygens (including phenoxy) is 1. The highest BCUT2D eigenvalue weighted by molar-refractivity contribution is 7.79. The molecule has 0 aromatic heterocycles. The molecular formula is C26H35NO3P+. The van der Waals surface area contributed by atoms with E-state index < -0.39 is 12.4 Å². The van der Waals surface area contributed by atoms with Gasteiger partial charge in [0.05, 0.1) is 12.3 Å². The van der Waals surface area contributed by atoms with Crippen molar-refractivity contribution in [1.82, 2.24) is 0 Å². The number of rotatable bonds is 9. The van der Waals surface area contributed by atoms with Gasteiger partial charge in [0.1, 0.15) is 6.61 Å². The van der Waals surface area contributed by atoms with Crippen molar-refractivity contribution in [2.75, 3.05) is 23.8 Å². The van der Waals surface area contributed by atoms with E-state index in [0.717, 1.165) is 54.0 Å². The zero-order valence-electron chi connectivity index (χ0n) is 19.2. The predicted octanol–water partition coefficient (Wildman–Crippen LogP) is 5.97. The smallest absolute Gasteiger partial charge is 0.344 e. The molecule has 0 heterocycles. The molecule has 1 fully saturated rings. The number of nitrogens with one attached hydrogen (secondary N) is 1. The Bertz CT molecular complexity index is 897. The standard InChI is InChI=1S/C26H34NO3P/c1-5-31(6-2,19-23(28)30-18-22-14-8-7-9-15-22)26(16-11-17-26)25(29)27-24-20(3)12-10-13-21(24)4/h7-10,12-15H,5-6,11,16-19H2,1-4H3/p+1. The first-order valence-corrected chi connectivity index (χ1v) is 13.7. The van der Waals surface area contributed by atoms with E-state index in [4.69, 9.17) is 4.74 Å². The summed E-state index contributed by atoms with van der Waals surface area (Å²) in [5, 5.41) is 2.84. The van der Waals surface area contributed by atoms with Crippen LogP contribution in [0, 0.1) is 13.8 Å². The average Bonchev–Trinajstić information content (AvgIpc) is 2.74. The van der Waals surface area contributed by atoms with Gasteiger partial charge in [0, 0.05) is 12.9 Å². The van der Waals surface area contributed by atoms with Crippen LogP contribution in [-0.4, -0.2) is 35.5 Å². The van der Waals surface area contributed by atoms with Crippen molar-refractivity contribution in [3.8, 4) is 0 Å². The predicted molar refractivity (Wildman–Crippen MR) is 130 cm³/mol. The number of anilines is 1. The Balaban J connectivity index is 1.79. The molecule has 1 aliphatic rings. The number of benzene rings is 2. The van der Waals surface area contributed by atoms with E-state index in [1.54, 1.807) is 0 Å². The fourth-order valence-corrected chi connectivity index (χ4v) is 9.65. The van der Waals surface area contributed by atoms with E-state index in [0.29, 0.717) is 6.16 Å². The molecule has 0 radical (unpaired) electrons. The molecule has 3 rings (SSSR count). The summed E-state index contributed by atoms with van der Waals surface area (Å²) in [6.07, 6.45) is 4.92. The van der Waals surface area contributed by atoms with Gasteiger partial charge in [-0.15, -0.1) is 0 Å². The summed E-state index contributed by atoms with van der Waals surface area (Å²) in [4.78, 5) is 26.6. The van der Waals surface area contributed by atoms with Crippen LogP contribution in [0.3, 0.4) is 0 Å². The van der Waals surface area contributed by atoms with E-state index in [-0.39, 0.29) is 18.5 Å². The molecular weight excluding hydrogens is 405 g/mol. The zero-order chi connectivity index (χ0) is 22.5. The molecule has 5 heteroatoms. The largest absolute Gasteiger partial charge is 0.458 e. The molecule has 166 valence electrons. The minimum Gasteiger partial charge on any atom is -0.458 e. The van der Waals surface area contributed by atoms with Crippen LogP contribution in [0.25, 0.3) is 0 Å². The molecule has 1 N–H and O–H groups in total. The lowest BCUT2D eigenvalue weighted by molar-refractivity contribution is -0.141. The van der Waals surface area contributed by atoms with Crippen LogP contribution in [0.2, 0.25) is 0 Å². The monoisotopic (exact) mass is 440 g/mol. The molecule has 4 nitrogen and oxygen atoms in total. The third kappa shape index (κ3) is 4.70. The summed E-state index contributed by atoms with van der Waals surface area (Å²) in [6.45, 7) is 8.63. The Morgan fingerprint density at radius 1 is 0.968 bits per heavy atom. The van der Waals surface area contributed by atoms with Crippen molar-refractivity contribution < 1.29 is 14.3 Å². The first kappa shape index (κ1) is 23.5. The molecule has 1 saturated carbocycles.